The molecule has 18 heavy (non-hydrogen) atoms. The van der Waals surface area contributed by atoms with E-state index < -0.39 is 0 Å². The van der Waals surface area contributed by atoms with Crippen molar-refractivity contribution in [2.45, 2.75) is 19.9 Å². The molecule has 2 aromatic rings. The second-order valence-electron chi connectivity index (χ2n) is 4.57. The van der Waals surface area contributed by atoms with Gasteiger partial charge in [-0.15, -0.1) is 0 Å². The molecule has 0 aliphatic rings. The minimum absolute atomic E-state index is 0.182. The number of hydrogen-bond acceptors (Lipinski definition) is 1. The fourth-order valence-corrected chi connectivity index (χ4v) is 2.39. The van der Waals surface area contributed by atoms with Crippen molar-refractivity contribution in [3.05, 3.63) is 68.7 Å². The van der Waals surface area contributed by atoms with Gasteiger partial charge in [0.1, 0.15) is 0 Å². The van der Waals surface area contributed by atoms with Crippen molar-refractivity contribution in [1.82, 2.24) is 0 Å². The van der Waals surface area contributed by atoms with Crippen LogP contribution in [-0.2, 0) is 0 Å². The van der Waals surface area contributed by atoms with E-state index in [1.807, 2.05) is 12.1 Å². The molecule has 0 aliphatic carbocycles. The lowest BCUT2D eigenvalue weighted by Gasteiger charge is -2.15. The normalized spacial score (nSPS) is 12.5. The molecule has 2 rings (SSSR count). The van der Waals surface area contributed by atoms with Crippen molar-refractivity contribution in [2.75, 3.05) is 0 Å². The summed E-state index contributed by atoms with van der Waals surface area (Å²) < 4.78 is 0. The highest BCUT2D eigenvalue weighted by Gasteiger charge is 2.11. The molecule has 0 aliphatic heterocycles. The Kier molecular flexibility index (Phi) is 3.96. The minimum atomic E-state index is -0.182. The minimum Gasteiger partial charge on any atom is -0.320 e. The van der Waals surface area contributed by atoms with Gasteiger partial charge in [-0.05, 0) is 37.1 Å². The van der Waals surface area contributed by atoms with Crippen LogP contribution in [0.1, 0.15) is 28.3 Å². The van der Waals surface area contributed by atoms with Gasteiger partial charge >= 0.3 is 0 Å². The molecule has 0 spiro atoms. The fraction of sp³-hybridized carbons (Fsp3) is 0.200. The van der Waals surface area contributed by atoms with E-state index >= 15 is 0 Å². The molecule has 0 saturated carbocycles. The van der Waals surface area contributed by atoms with Crippen molar-refractivity contribution >= 4 is 23.2 Å². The topological polar surface area (TPSA) is 26.0 Å². The predicted molar refractivity (Wildman–Crippen MR) is 78.4 cm³/mol. The van der Waals surface area contributed by atoms with Crippen LogP contribution in [0.15, 0.2) is 36.4 Å². The van der Waals surface area contributed by atoms with Crippen LogP contribution in [0.5, 0.6) is 0 Å². The van der Waals surface area contributed by atoms with E-state index in [4.69, 9.17) is 28.9 Å². The lowest BCUT2D eigenvalue weighted by atomic mass is 9.96. The molecule has 0 amide bonds. The molecule has 2 N–H and O–H groups in total. The molecule has 3 heteroatoms. The van der Waals surface area contributed by atoms with Crippen molar-refractivity contribution in [3.8, 4) is 0 Å². The quantitative estimate of drug-likeness (QED) is 0.850. The van der Waals surface area contributed by atoms with E-state index in [9.17, 15) is 0 Å². The largest absolute Gasteiger partial charge is 0.320 e. The Morgan fingerprint density at radius 1 is 0.833 bits per heavy atom. The van der Waals surface area contributed by atoms with Gasteiger partial charge in [-0.1, -0.05) is 58.6 Å². The molecule has 1 unspecified atom stereocenters. The van der Waals surface area contributed by atoms with Crippen molar-refractivity contribution in [1.29, 1.82) is 0 Å². The van der Waals surface area contributed by atoms with Crippen LogP contribution in [0.4, 0.5) is 0 Å². The molecule has 0 saturated heterocycles. The van der Waals surface area contributed by atoms with E-state index in [-0.39, 0.29) is 6.04 Å². The van der Waals surface area contributed by atoms with Gasteiger partial charge in [0.25, 0.3) is 0 Å². The van der Waals surface area contributed by atoms with E-state index in [0.717, 1.165) is 11.1 Å². The zero-order chi connectivity index (χ0) is 13.3. The monoisotopic (exact) mass is 279 g/mol. The highest BCUT2D eigenvalue weighted by Crippen LogP contribution is 2.28. The standard InChI is InChI=1S/C15H15Cl2N/c1-9-5-10(2)7-12(6-9)15(18)11-3-4-13(16)14(17)8-11/h3-8,15H,18H2,1-2H3. The number of benzene rings is 2. The Labute approximate surface area is 118 Å². The average molecular weight is 280 g/mol. The summed E-state index contributed by atoms with van der Waals surface area (Å²) in [7, 11) is 0. The van der Waals surface area contributed by atoms with Crippen LogP contribution in [0.2, 0.25) is 10.0 Å². The molecule has 1 nitrogen and oxygen atoms in total. The van der Waals surface area contributed by atoms with Gasteiger partial charge < -0.3 is 5.73 Å². The molecule has 0 heterocycles. The van der Waals surface area contributed by atoms with Gasteiger partial charge in [-0.2, -0.15) is 0 Å². The second-order valence-corrected chi connectivity index (χ2v) is 5.39. The van der Waals surface area contributed by atoms with Crippen LogP contribution in [0.3, 0.4) is 0 Å². The average Bonchev–Trinajstić information content (AvgIpc) is 2.30. The summed E-state index contributed by atoms with van der Waals surface area (Å²) in [6.07, 6.45) is 0. The molecule has 2 aromatic carbocycles. The van der Waals surface area contributed by atoms with Gasteiger partial charge in [-0.25, -0.2) is 0 Å². The zero-order valence-corrected chi connectivity index (χ0v) is 11.9. The number of halogens is 2. The van der Waals surface area contributed by atoms with Crippen LogP contribution >= 0.6 is 23.2 Å². The third-order valence-corrected chi connectivity index (χ3v) is 3.64. The molecule has 0 aromatic heterocycles. The van der Waals surface area contributed by atoms with Gasteiger partial charge in [0.15, 0.2) is 0 Å². The summed E-state index contributed by atoms with van der Waals surface area (Å²) in [6.45, 7) is 4.14. The molecular weight excluding hydrogens is 265 g/mol. The molecular formula is C15H15Cl2N. The molecule has 94 valence electrons. The van der Waals surface area contributed by atoms with Crippen LogP contribution < -0.4 is 5.73 Å². The Bertz CT molecular complexity index is 558. The number of hydrogen-bond donors (Lipinski definition) is 1. The van der Waals surface area contributed by atoms with Gasteiger partial charge in [-0.3, -0.25) is 0 Å². The zero-order valence-electron chi connectivity index (χ0n) is 10.4. The first-order valence-corrected chi connectivity index (χ1v) is 6.51. The summed E-state index contributed by atoms with van der Waals surface area (Å²) in [5.74, 6) is 0. The van der Waals surface area contributed by atoms with Gasteiger partial charge in [0, 0.05) is 0 Å². The van der Waals surface area contributed by atoms with Crippen LogP contribution in [0.25, 0.3) is 0 Å². The number of rotatable bonds is 2. The van der Waals surface area contributed by atoms with Crippen LogP contribution in [0, 0.1) is 13.8 Å². The first-order valence-electron chi connectivity index (χ1n) is 5.76. The summed E-state index contributed by atoms with van der Waals surface area (Å²) >= 11 is 11.9. The second kappa shape index (κ2) is 5.31. The molecule has 0 bridgehead atoms. The Morgan fingerprint density at radius 2 is 1.44 bits per heavy atom. The smallest absolute Gasteiger partial charge is 0.0595 e. The summed E-state index contributed by atoms with van der Waals surface area (Å²) in [6, 6.07) is 11.7. The summed E-state index contributed by atoms with van der Waals surface area (Å²) in [4.78, 5) is 0. The van der Waals surface area contributed by atoms with Crippen molar-refractivity contribution < 1.29 is 0 Å². The Balaban J connectivity index is 2.40. The first-order chi connectivity index (χ1) is 8.47. The summed E-state index contributed by atoms with van der Waals surface area (Å²) in [5.41, 5.74) is 10.7. The molecule has 0 radical (unpaired) electrons. The molecule has 1 atom stereocenters. The maximum Gasteiger partial charge on any atom is 0.0595 e. The summed E-state index contributed by atoms with van der Waals surface area (Å²) in [5, 5.41) is 1.09. The Morgan fingerprint density at radius 3 is 2.00 bits per heavy atom. The van der Waals surface area contributed by atoms with Gasteiger partial charge in [0.05, 0.1) is 16.1 Å². The maximum absolute atomic E-state index is 6.27. The third kappa shape index (κ3) is 2.86. The number of nitrogens with two attached hydrogens (primary N) is 1. The lowest BCUT2D eigenvalue weighted by Crippen LogP contribution is -2.12. The fourth-order valence-electron chi connectivity index (χ4n) is 2.09. The van der Waals surface area contributed by atoms with Crippen molar-refractivity contribution in [3.63, 3.8) is 0 Å². The predicted octanol–water partition coefficient (Wildman–Crippen LogP) is 4.66. The van der Waals surface area contributed by atoms with Crippen LogP contribution in [-0.4, -0.2) is 0 Å². The Hall–Kier alpha value is -1.02. The third-order valence-electron chi connectivity index (χ3n) is 2.91. The number of aryl methyl sites for hydroxylation is 2. The first kappa shape index (κ1) is 13.4. The maximum atomic E-state index is 6.27. The SMILES string of the molecule is Cc1cc(C)cc(C(N)c2ccc(Cl)c(Cl)c2)c1. The molecule has 0 fully saturated rings. The van der Waals surface area contributed by atoms with Crippen molar-refractivity contribution in [2.24, 2.45) is 5.73 Å². The van der Waals surface area contributed by atoms with E-state index in [2.05, 4.69) is 32.0 Å². The van der Waals surface area contributed by atoms with E-state index in [0.29, 0.717) is 10.0 Å². The highest BCUT2D eigenvalue weighted by atomic mass is 35.5. The van der Waals surface area contributed by atoms with E-state index in [1.54, 1.807) is 6.07 Å². The lowest BCUT2D eigenvalue weighted by molar-refractivity contribution is 0.868. The highest BCUT2D eigenvalue weighted by molar-refractivity contribution is 6.42. The van der Waals surface area contributed by atoms with E-state index in [1.165, 1.54) is 11.1 Å². The van der Waals surface area contributed by atoms with Gasteiger partial charge in [0.2, 0.25) is 0 Å².